The highest BCUT2D eigenvalue weighted by Gasteiger charge is 2.56. The van der Waals surface area contributed by atoms with Crippen LogP contribution in [0, 0.1) is 34.5 Å². The molecular weight excluding hydrogens is 398 g/mol. The Kier molecular flexibility index (Phi) is 4.58. The largest absolute Gasteiger partial charge is 0.507 e. The third-order valence-corrected chi connectivity index (χ3v) is 9.38. The van der Waals surface area contributed by atoms with E-state index in [1.165, 1.54) is 16.7 Å². The highest BCUT2D eigenvalue weighted by atomic mass is 16.3. The van der Waals surface area contributed by atoms with Crippen molar-refractivity contribution in [3.05, 3.63) is 58.4 Å². The second-order valence-electron chi connectivity index (χ2n) is 11.3. The second kappa shape index (κ2) is 6.82. The molecule has 1 N–H and O–H groups in total. The number of ketones is 1. The molecule has 2 aliphatic heterocycles. The van der Waals surface area contributed by atoms with Crippen LogP contribution in [0.15, 0.2) is 58.4 Å². The van der Waals surface area contributed by atoms with Gasteiger partial charge in [0.15, 0.2) is 5.78 Å². The Balaban J connectivity index is 1.59. The van der Waals surface area contributed by atoms with E-state index >= 15 is 0 Å². The number of aliphatic hydroxyl groups is 1. The lowest BCUT2D eigenvalue weighted by molar-refractivity contribution is -0.125. The quantitative estimate of drug-likeness (QED) is 0.278. The molecule has 2 fully saturated rings. The van der Waals surface area contributed by atoms with E-state index in [1.807, 2.05) is 0 Å². The molecule has 2 saturated heterocycles. The number of allylic oxidation sites excluding steroid dienone is 8. The van der Waals surface area contributed by atoms with Gasteiger partial charge >= 0.3 is 0 Å². The van der Waals surface area contributed by atoms with Gasteiger partial charge in [-0.2, -0.15) is 0 Å². The van der Waals surface area contributed by atoms with Crippen molar-refractivity contribution in [3.8, 4) is 0 Å². The topological polar surface area (TPSA) is 57.6 Å². The van der Waals surface area contributed by atoms with Gasteiger partial charge in [0.05, 0.1) is 6.04 Å². The summed E-state index contributed by atoms with van der Waals surface area (Å²) in [6.07, 6.45) is 12.6. The van der Waals surface area contributed by atoms with Gasteiger partial charge in [0.1, 0.15) is 11.3 Å². The summed E-state index contributed by atoms with van der Waals surface area (Å²) in [5.74, 6) is 0.657. The monoisotopic (exact) mass is 433 g/mol. The van der Waals surface area contributed by atoms with Crippen molar-refractivity contribution >= 4 is 11.7 Å². The lowest BCUT2D eigenvalue weighted by atomic mass is 9.51. The molecule has 32 heavy (non-hydrogen) atoms. The number of hydrogen-bond donors (Lipinski definition) is 1. The minimum absolute atomic E-state index is 0.0253. The van der Waals surface area contributed by atoms with E-state index in [1.54, 1.807) is 11.0 Å². The van der Waals surface area contributed by atoms with E-state index in [-0.39, 0.29) is 45.8 Å². The van der Waals surface area contributed by atoms with Gasteiger partial charge in [0.2, 0.25) is 0 Å². The van der Waals surface area contributed by atoms with Gasteiger partial charge in [-0.15, -0.1) is 0 Å². The average Bonchev–Trinajstić information content (AvgIpc) is 3.35. The fourth-order valence-electron chi connectivity index (χ4n) is 7.83. The summed E-state index contributed by atoms with van der Waals surface area (Å²) in [6, 6.07) is -0.374. The molecule has 0 aromatic rings. The molecular formula is C28H35NO3. The molecule has 4 heteroatoms. The standard InChI is InChI=1S/C28H35NO3/c1-15-12-27(5)13-17(3)24-22(16(2)14-28(24,6)18(15)4)19(27)9-10-21(30)23-25(31)20-8-7-11-29(20)26(23)32/h9-10,12-14,18-20,22,24,30H,7-8,11H2,1-6H3. The van der Waals surface area contributed by atoms with Gasteiger partial charge in [-0.05, 0) is 68.8 Å². The lowest BCUT2D eigenvalue weighted by Crippen LogP contribution is -2.45. The third-order valence-electron chi connectivity index (χ3n) is 9.38. The molecule has 7 atom stereocenters. The number of hydrogen-bond acceptors (Lipinski definition) is 3. The van der Waals surface area contributed by atoms with Crippen molar-refractivity contribution in [3.63, 3.8) is 0 Å². The summed E-state index contributed by atoms with van der Waals surface area (Å²) < 4.78 is 0. The number of rotatable bonds is 2. The Hall–Kier alpha value is -2.36. The van der Waals surface area contributed by atoms with Gasteiger partial charge in [-0.3, -0.25) is 9.59 Å². The third kappa shape index (κ3) is 2.67. The SMILES string of the molecule is CC1=CC2(C)C(C)C(C)=CC3(C)C=C(C)C2C1C3C=CC(O)=C1C(=O)C2CCCN2C1=O. The first kappa shape index (κ1) is 21.5. The molecule has 4 bridgehead atoms. The molecule has 6 rings (SSSR count). The number of carbonyl (C=O) groups excluding carboxylic acids is 2. The van der Waals surface area contributed by atoms with Crippen molar-refractivity contribution in [2.45, 2.75) is 60.4 Å². The van der Waals surface area contributed by atoms with Crippen LogP contribution in [0.1, 0.15) is 54.4 Å². The van der Waals surface area contributed by atoms with Crippen LogP contribution in [-0.2, 0) is 9.59 Å². The maximum Gasteiger partial charge on any atom is 0.261 e. The molecule has 4 aliphatic carbocycles. The summed E-state index contributed by atoms with van der Waals surface area (Å²) in [5.41, 5.74) is 4.10. The van der Waals surface area contributed by atoms with E-state index in [0.717, 1.165) is 6.42 Å². The molecule has 0 saturated carbocycles. The fourth-order valence-corrected chi connectivity index (χ4v) is 7.83. The molecule has 0 aromatic heterocycles. The van der Waals surface area contributed by atoms with Crippen molar-refractivity contribution in [2.75, 3.05) is 6.54 Å². The average molecular weight is 434 g/mol. The molecule has 4 nitrogen and oxygen atoms in total. The van der Waals surface area contributed by atoms with E-state index in [9.17, 15) is 14.7 Å². The summed E-state index contributed by atoms with van der Waals surface area (Å²) in [5, 5.41) is 10.9. The van der Waals surface area contributed by atoms with Crippen molar-refractivity contribution in [1.82, 2.24) is 4.90 Å². The molecule has 0 aromatic carbocycles. The van der Waals surface area contributed by atoms with Crippen molar-refractivity contribution < 1.29 is 14.7 Å². The number of Topliss-reactive ketones (excluding diaryl/α,β-unsaturated/α-hetero) is 1. The Morgan fingerprint density at radius 2 is 1.78 bits per heavy atom. The van der Waals surface area contributed by atoms with Gasteiger partial charge < -0.3 is 10.0 Å². The summed E-state index contributed by atoms with van der Waals surface area (Å²) in [6.45, 7) is 14.4. The first-order valence-corrected chi connectivity index (χ1v) is 12.0. The maximum absolute atomic E-state index is 12.8. The minimum Gasteiger partial charge on any atom is -0.507 e. The van der Waals surface area contributed by atoms with Crippen LogP contribution in [0.3, 0.4) is 0 Å². The highest BCUT2D eigenvalue weighted by Crippen LogP contribution is 2.64. The predicted octanol–water partition coefficient (Wildman–Crippen LogP) is 5.31. The molecule has 1 amide bonds. The second-order valence-corrected chi connectivity index (χ2v) is 11.3. The molecule has 6 aliphatic rings. The van der Waals surface area contributed by atoms with Gasteiger partial charge in [0.25, 0.3) is 5.91 Å². The highest BCUT2D eigenvalue weighted by molar-refractivity contribution is 6.27. The predicted molar refractivity (Wildman–Crippen MR) is 126 cm³/mol. The normalized spacial score (nSPS) is 44.5. The van der Waals surface area contributed by atoms with E-state index < -0.39 is 0 Å². The van der Waals surface area contributed by atoms with Crippen LogP contribution in [0.25, 0.3) is 0 Å². The Labute approximate surface area is 191 Å². The molecule has 2 heterocycles. The molecule has 0 radical (unpaired) electrons. The summed E-state index contributed by atoms with van der Waals surface area (Å²) in [7, 11) is 0. The molecule has 0 spiro atoms. The number of carbonyl (C=O) groups is 2. The number of fused-ring (bicyclic) bond motifs is 2. The molecule has 170 valence electrons. The molecule has 7 unspecified atom stereocenters. The van der Waals surface area contributed by atoms with E-state index in [4.69, 9.17) is 0 Å². The number of aliphatic hydroxyl groups excluding tert-OH is 1. The Morgan fingerprint density at radius 1 is 1.09 bits per heavy atom. The van der Waals surface area contributed by atoms with E-state index in [2.05, 4.69) is 65.8 Å². The Bertz CT molecular complexity index is 1050. The van der Waals surface area contributed by atoms with Crippen LogP contribution in [0.5, 0.6) is 0 Å². The van der Waals surface area contributed by atoms with Crippen LogP contribution >= 0.6 is 0 Å². The number of nitrogens with zero attached hydrogens (tertiary/aromatic N) is 1. The Morgan fingerprint density at radius 3 is 2.47 bits per heavy atom. The zero-order valence-corrected chi connectivity index (χ0v) is 20.1. The zero-order chi connectivity index (χ0) is 23.2. The lowest BCUT2D eigenvalue weighted by Gasteiger charge is -2.52. The van der Waals surface area contributed by atoms with Gasteiger partial charge in [-0.1, -0.05) is 61.8 Å². The first-order chi connectivity index (χ1) is 15.0. The smallest absolute Gasteiger partial charge is 0.261 e. The summed E-state index contributed by atoms with van der Waals surface area (Å²) in [4.78, 5) is 27.2. The zero-order valence-electron chi connectivity index (χ0n) is 20.1. The minimum atomic E-state index is -0.374. The fraction of sp³-hybridized carbons (Fsp3) is 0.571. The van der Waals surface area contributed by atoms with Crippen LogP contribution in [0.2, 0.25) is 0 Å². The maximum atomic E-state index is 12.8. The van der Waals surface area contributed by atoms with Gasteiger partial charge in [-0.25, -0.2) is 0 Å². The first-order valence-electron chi connectivity index (χ1n) is 12.0. The van der Waals surface area contributed by atoms with Crippen LogP contribution in [0.4, 0.5) is 0 Å². The summed E-state index contributed by atoms with van der Waals surface area (Å²) >= 11 is 0. The van der Waals surface area contributed by atoms with Gasteiger partial charge in [0, 0.05) is 12.0 Å². The van der Waals surface area contributed by atoms with Crippen LogP contribution in [-0.4, -0.2) is 34.3 Å². The van der Waals surface area contributed by atoms with Crippen molar-refractivity contribution in [1.29, 1.82) is 0 Å². The van der Waals surface area contributed by atoms with E-state index in [0.29, 0.717) is 30.7 Å². The number of amides is 1. The van der Waals surface area contributed by atoms with Crippen molar-refractivity contribution in [2.24, 2.45) is 34.5 Å². The van der Waals surface area contributed by atoms with Crippen LogP contribution < -0.4 is 0 Å².